The molecule has 1 aliphatic carbocycles. The zero-order chi connectivity index (χ0) is 12.5. The number of hydrogen-bond acceptors (Lipinski definition) is 1. The van der Waals surface area contributed by atoms with E-state index in [9.17, 15) is 0 Å². The minimum Gasteiger partial charge on any atom is -0.312 e. The molecule has 2 rings (SSSR count). The first-order valence-corrected chi connectivity index (χ1v) is 6.87. The molecule has 0 radical (unpaired) electrons. The molecule has 0 unspecified atom stereocenters. The highest BCUT2D eigenvalue weighted by Gasteiger charge is 2.44. The van der Waals surface area contributed by atoms with Gasteiger partial charge in [-0.15, -0.1) is 0 Å². The second-order valence-corrected chi connectivity index (χ2v) is 6.11. The molecule has 1 aromatic carbocycles. The van der Waals surface area contributed by atoms with Crippen molar-refractivity contribution in [2.24, 2.45) is 11.3 Å². The van der Waals surface area contributed by atoms with Crippen molar-refractivity contribution in [1.82, 2.24) is 5.32 Å². The molecule has 1 aromatic rings. The SMILES string of the molecule is Cc1ccc(CNCC2(C(C)C)CC2)cc1Cl. The van der Waals surface area contributed by atoms with Crippen LogP contribution in [0.4, 0.5) is 0 Å². The summed E-state index contributed by atoms with van der Waals surface area (Å²) in [6.45, 7) is 8.76. The molecule has 0 spiro atoms. The molecular weight excluding hydrogens is 230 g/mol. The Kier molecular flexibility index (Phi) is 3.79. The van der Waals surface area contributed by atoms with E-state index in [1.54, 1.807) is 0 Å². The zero-order valence-corrected chi connectivity index (χ0v) is 11.8. The normalized spacial score (nSPS) is 17.5. The molecule has 0 aromatic heterocycles. The van der Waals surface area contributed by atoms with Gasteiger partial charge in [0.15, 0.2) is 0 Å². The summed E-state index contributed by atoms with van der Waals surface area (Å²) in [6, 6.07) is 6.32. The summed E-state index contributed by atoms with van der Waals surface area (Å²) < 4.78 is 0. The van der Waals surface area contributed by atoms with Gasteiger partial charge in [-0.25, -0.2) is 0 Å². The van der Waals surface area contributed by atoms with Crippen molar-refractivity contribution < 1.29 is 0 Å². The van der Waals surface area contributed by atoms with Gasteiger partial charge < -0.3 is 5.32 Å². The van der Waals surface area contributed by atoms with Gasteiger partial charge in [0.05, 0.1) is 0 Å². The second-order valence-electron chi connectivity index (χ2n) is 5.70. The van der Waals surface area contributed by atoms with Crippen LogP contribution < -0.4 is 5.32 Å². The molecule has 0 atom stereocenters. The van der Waals surface area contributed by atoms with E-state index in [-0.39, 0.29) is 0 Å². The lowest BCUT2D eigenvalue weighted by Crippen LogP contribution is -2.27. The highest BCUT2D eigenvalue weighted by atomic mass is 35.5. The molecule has 1 nitrogen and oxygen atoms in total. The fourth-order valence-electron chi connectivity index (χ4n) is 2.32. The van der Waals surface area contributed by atoms with Gasteiger partial charge >= 0.3 is 0 Å². The molecule has 17 heavy (non-hydrogen) atoms. The third-order valence-electron chi connectivity index (χ3n) is 4.16. The summed E-state index contributed by atoms with van der Waals surface area (Å²) in [6.07, 6.45) is 2.76. The molecule has 1 saturated carbocycles. The van der Waals surface area contributed by atoms with Gasteiger partial charge in [-0.3, -0.25) is 0 Å². The van der Waals surface area contributed by atoms with Gasteiger partial charge in [-0.2, -0.15) is 0 Å². The first-order chi connectivity index (χ1) is 8.03. The molecule has 0 aliphatic heterocycles. The summed E-state index contributed by atoms with van der Waals surface area (Å²) in [5.41, 5.74) is 3.01. The van der Waals surface area contributed by atoms with Crippen LogP contribution in [0, 0.1) is 18.3 Å². The van der Waals surface area contributed by atoms with Crippen LogP contribution >= 0.6 is 11.6 Å². The maximum Gasteiger partial charge on any atom is 0.0438 e. The number of halogens is 1. The maximum absolute atomic E-state index is 6.12. The van der Waals surface area contributed by atoms with Crippen LogP contribution in [-0.4, -0.2) is 6.54 Å². The molecule has 1 N–H and O–H groups in total. The first kappa shape index (κ1) is 12.9. The van der Waals surface area contributed by atoms with Crippen LogP contribution in [0.25, 0.3) is 0 Å². The van der Waals surface area contributed by atoms with E-state index in [1.807, 2.05) is 6.92 Å². The largest absolute Gasteiger partial charge is 0.312 e. The van der Waals surface area contributed by atoms with Crippen molar-refractivity contribution in [3.63, 3.8) is 0 Å². The van der Waals surface area contributed by atoms with E-state index in [0.29, 0.717) is 5.41 Å². The molecule has 0 amide bonds. The van der Waals surface area contributed by atoms with E-state index in [4.69, 9.17) is 11.6 Å². The van der Waals surface area contributed by atoms with Crippen LogP contribution in [0.2, 0.25) is 5.02 Å². The smallest absolute Gasteiger partial charge is 0.0438 e. The van der Waals surface area contributed by atoms with Crippen LogP contribution in [-0.2, 0) is 6.54 Å². The number of aryl methyl sites for hydroxylation is 1. The molecule has 0 saturated heterocycles. The summed E-state index contributed by atoms with van der Waals surface area (Å²) in [4.78, 5) is 0. The molecule has 2 heteroatoms. The molecule has 0 heterocycles. The van der Waals surface area contributed by atoms with Gasteiger partial charge in [0.1, 0.15) is 0 Å². The topological polar surface area (TPSA) is 12.0 Å². The number of rotatable bonds is 5. The lowest BCUT2D eigenvalue weighted by atomic mass is 9.92. The Balaban J connectivity index is 1.84. The molecule has 94 valence electrons. The summed E-state index contributed by atoms with van der Waals surface area (Å²) in [5, 5.41) is 4.44. The Morgan fingerprint density at radius 3 is 2.59 bits per heavy atom. The fraction of sp³-hybridized carbons (Fsp3) is 0.600. The number of benzene rings is 1. The molecule has 1 aliphatic rings. The quantitative estimate of drug-likeness (QED) is 0.828. The summed E-state index contributed by atoms with van der Waals surface area (Å²) >= 11 is 6.12. The lowest BCUT2D eigenvalue weighted by Gasteiger charge is -2.20. The van der Waals surface area contributed by atoms with Crippen molar-refractivity contribution in [2.75, 3.05) is 6.54 Å². The Morgan fingerprint density at radius 1 is 1.35 bits per heavy atom. The van der Waals surface area contributed by atoms with E-state index >= 15 is 0 Å². The minimum absolute atomic E-state index is 0.578. The Labute approximate surface area is 110 Å². The van der Waals surface area contributed by atoms with Gasteiger partial charge in [-0.1, -0.05) is 37.6 Å². The lowest BCUT2D eigenvalue weighted by molar-refractivity contribution is 0.338. The average Bonchev–Trinajstić information content (AvgIpc) is 3.04. The number of hydrogen-bond donors (Lipinski definition) is 1. The van der Waals surface area contributed by atoms with Gasteiger partial charge in [-0.05, 0) is 48.3 Å². The standard InChI is InChI=1S/C15H22ClN/c1-11(2)15(6-7-15)10-17-9-13-5-4-12(3)14(16)8-13/h4-5,8,11,17H,6-7,9-10H2,1-3H3. The average molecular weight is 252 g/mol. The van der Waals surface area contributed by atoms with Gasteiger partial charge in [0, 0.05) is 18.1 Å². The second kappa shape index (κ2) is 4.99. The van der Waals surface area contributed by atoms with Crippen LogP contribution in [0.3, 0.4) is 0 Å². The van der Waals surface area contributed by atoms with Crippen molar-refractivity contribution in [1.29, 1.82) is 0 Å². The van der Waals surface area contributed by atoms with E-state index in [0.717, 1.165) is 29.6 Å². The molecule has 0 bridgehead atoms. The zero-order valence-electron chi connectivity index (χ0n) is 11.0. The first-order valence-electron chi connectivity index (χ1n) is 6.49. The predicted octanol–water partition coefficient (Wildman–Crippen LogP) is 4.17. The fourth-order valence-corrected chi connectivity index (χ4v) is 2.52. The van der Waals surface area contributed by atoms with Gasteiger partial charge in [0.25, 0.3) is 0 Å². The minimum atomic E-state index is 0.578. The Hall–Kier alpha value is -0.530. The monoisotopic (exact) mass is 251 g/mol. The highest BCUT2D eigenvalue weighted by molar-refractivity contribution is 6.31. The van der Waals surface area contributed by atoms with E-state index in [1.165, 1.54) is 18.4 Å². The van der Waals surface area contributed by atoms with E-state index < -0.39 is 0 Å². The van der Waals surface area contributed by atoms with Crippen LogP contribution in [0.1, 0.15) is 37.8 Å². The summed E-state index contributed by atoms with van der Waals surface area (Å²) in [5.74, 6) is 0.789. The maximum atomic E-state index is 6.12. The third-order valence-corrected chi connectivity index (χ3v) is 4.57. The van der Waals surface area contributed by atoms with Crippen LogP contribution in [0.5, 0.6) is 0 Å². The van der Waals surface area contributed by atoms with Crippen molar-refractivity contribution in [3.05, 3.63) is 34.3 Å². The number of nitrogens with one attached hydrogen (secondary N) is 1. The molecule has 1 fully saturated rings. The van der Waals surface area contributed by atoms with Crippen LogP contribution in [0.15, 0.2) is 18.2 Å². The van der Waals surface area contributed by atoms with E-state index in [2.05, 4.69) is 37.4 Å². The molecular formula is C15H22ClN. The highest BCUT2D eigenvalue weighted by Crippen LogP contribution is 2.51. The Morgan fingerprint density at radius 2 is 2.06 bits per heavy atom. The predicted molar refractivity (Wildman–Crippen MR) is 74.4 cm³/mol. The van der Waals surface area contributed by atoms with Crippen molar-refractivity contribution in [3.8, 4) is 0 Å². The third kappa shape index (κ3) is 3.02. The van der Waals surface area contributed by atoms with Crippen molar-refractivity contribution >= 4 is 11.6 Å². The summed E-state index contributed by atoms with van der Waals surface area (Å²) in [7, 11) is 0. The Bertz CT molecular complexity index is 394. The van der Waals surface area contributed by atoms with Gasteiger partial charge in [0.2, 0.25) is 0 Å². The van der Waals surface area contributed by atoms with Crippen molar-refractivity contribution in [2.45, 2.75) is 40.2 Å².